The summed E-state index contributed by atoms with van der Waals surface area (Å²) in [6, 6.07) is 6.91. The smallest absolute Gasteiger partial charge is 0.259 e. The highest BCUT2D eigenvalue weighted by Gasteiger charge is 2.26. The number of aryl methyl sites for hydroxylation is 1. The molecule has 1 aliphatic rings. The zero-order valence-electron chi connectivity index (χ0n) is 15.9. The minimum Gasteiger partial charge on any atom is -0.375 e. The van der Waals surface area contributed by atoms with Crippen LogP contribution in [0.2, 0.25) is 5.02 Å². The molecule has 1 fully saturated rings. The van der Waals surface area contributed by atoms with E-state index in [4.69, 9.17) is 16.3 Å². The maximum Gasteiger partial charge on any atom is 0.259 e. The largest absolute Gasteiger partial charge is 0.375 e. The van der Waals surface area contributed by atoms with Gasteiger partial charge in [0.05, 0.1) is 11.3 Å². The summed E-state index contributed by atoms with van der Waals surface area (Å²) in [5.41, 5.74) is 1.73. The lowest BCUT2D eigenvalue weighted by molar-refractivity contribution is -0.136. The highest BCUT2D eigenvalue weighted by atomic mass is 35.5. The number of hydrogen-bond donors (Lipinski definition) is 1. The third-order valence-electron chi connectivity index (χ3n) is 4.83. The van der Waals surface area contributed by atoms with E-state index in [1.54, 1.807) is 42.3 Å². The van der Waals surface area contributed by atoms with E-state index < -0.39 is 0 Å². The van der Waals surface area contributed by atoms with Crippen LogP contribution in [0.25, 0.3) is 0 Å². The van der Waals surface area contributed by atoms with Gasteiger partial charge in [-0.1, -0.05) is 11.6 Å². The molecule has 0 unspecified atom stereocenters. The summed E-state index contributed by atoms with van der Waals surface area (Å²) < 4.78 is 4.91. The molecule has 0 aliphatic carbocycles. The zero-order valence-corrected chi connectivity index (χ0v) is 16.7. The van der Waals surface area contributed by atoms with Gasteiger partial charge in [-0.2, -0.15) is 0 Å². The number of carbonyl (C=O) groups excluding carboxylic acids is 2. The molecule has 1 aromatic carbocycles. The van der Waals surface area contributed by atoms with Crippen LogP contribution in [0.1, 0.15) is 40.6 Å². The number of rotatable bonds is 5. The van der Waals surface area contributed by atoms with Gasteiger partial charge in [-0.15, -0.1) is 0 Å². The number of piperidine rings is 1. The molecule has 7 nitrogen and oxygen atoms in total. The molecule has 2 heterocycles. The van der Waals surface area contributed by atoms with Crippen LogP contribution in [-0.4, -0.2) is 53.5 Å². The molecule has 0 bridgehead atoms. The molecular formula is C20H23ClN4O3. The van der Waals surface area contributed by atoms with Crippen molar-refractivity contribution in [3.05, 3.63) is 52.6 Å². The van der Waals surface area contributed by atoms with E-state index in [-0.39, 0.29) is 24.3 Å². The van der Waals surface area contributed by atoms with Crippen molar-refractivity contribution in [2.24, 2.45) is 0 Å². The van der Waals surface area contributed by atoms with Gasteiger partial charge in [-0.25, -0.2) is 9.97 Å². The number of ether oxygens (including phenoxy) is 1. The van der Waals surface area contributed by atoms with E-state index in [1.165, 1.54) is 7.11 Å². The van der Waals surface area contributed by atoms with E-state index >= 15 is 0 Å². The topological polar surface area (TPSA) is 84.4 Å². The Kier molecular flexibility index (Phi) is 6.59. The second kappa shape index (κ2) is 9.12. The van der Waals surface area contributed by atoms with Gasteiger partial charge in [0, 0.05) is 43.0 Å². The minimum absolute atomic E-state index is 0.00673. The van der Waals surface area contributed by atoms with Crippen molar-refractivity contribution < 1.29 is 14.3 Å². The number of amides is 2. The van der Waals surface area contributed by atoms with Gasteiger partial charge >= 0.3 is 0 Å². The van der Waals surface area contributed by atoms with Gasteiger partial charge in [-0.05, 0) is 44.0 Å². The highest BCUT2D eigenvalue weighted by molar-refractivity contribution is 6.30. The van der Waals surface area contributed by atoms with Crippen LogP contribution in [0.4, 0.5) is 5.69 Å². The molecule has 0 atom stereocenters. The molecule has 2 aromatic rings. The van der Waals surface area contributed by atoms with Crippen LogP contribution in [-0.2, 0) is 9.53 Å². The van der Waals surface area contributed by atoms with Gasteiger partial charge in [0.25, 0.3) is 5.91 Å². The Morgan fingerprint density at radius 1 is 1.25 bits per heavy atom. The predicted molar refractivity (Wildman–Crippen MR) is 107 cm³/mol. The summed E-state index contributed by atoms with van der Waals surface area (Å²) in [4.78, 5) is 35.2. The Labute approximate surface area is 169 Å². The zero-order chi connectivity index (χ0) is 20.1. The maximum absolute atomic E-state index is 12.5. The Hall–Kier alpha value is -2.51. The fourth-order valence-electron chi connectivity index (χ4n) is 3.24. The number of aromatic nitrogens is 2. The number of halogens is 1. The van der Waals surface area contributed by atoms with Crippen molar-refractivity contribution in [2.75, 3.05) is 32.1 Å². The third kappa shape index (κ3) is 4.85. The number of hydrogen-bond acceptors (Lipinski definition) is 5. The molecule has 3 rings (SSSR count). The van der Waals surface area contributed by atoms with Crippen LogP contribution < -0.4 is 5.32 Å². The van der Waals surface area contributed by atoms with Gasteiger partial charge in [0.15, 0.2) is 0 Å². The standard InChI is InChI=1S/C20H23ClN4O3/c1-13-17(20(27)24-16-5-3-15(21)4-6-16)11-22-19(23-13)14-7-9-25(10-8-14)18(26)12-28-2/h3-6,11,14H,7-10,12H2,1-2H3,(H,24,27). The molecule has 1 aliphatic heterocycles. The fraction of sp³-hybridized carbons (Fsp3) is 0.400. The molecule has 0 spiro atoms. The van der Waals surface area contributed by atoms with Crippen molar-refractivity contribution in [3.8, 4) is 0 Å². The van der Waals surface area contributed by atoms with Gasteiger partial charge < -0.3 is 15.0 Å². The molecule has 28 heavy (non-hydrogen) atoms. The first-order valence-electron chi connectivity index (χ1n) is 9.15. The first-order valence-corrected chi connectivity index (χ1v) is 9.53. The van der Waals surface area contributed by atoms with Crippen LogP contribution in [0, 0.1) is 6.92 Å². The molecule has 1 aromatic heterocycles. The van der Waals surface area contributed by atoms with E-state index in [2.05, 4.69) is 15.3 Å². The maximum atomic E-state index is 12.5. The summed E-state index contributed by atoms with van der Waals surface area (Å²) in [5, 5.41) is 3.43. The number of methoxy groups -OCH3 is 1. The minimum atomic E-state index is -0.258. The van der Waals surface area contributed by atoms with E-state index in [1.807, 2.05) is 0 Å². The van der Waals surface area contributed by atoms with E-state index in [0.29, 0.717) is 35.1 Å². The first-order chi connectivity index (χ1) is 13.5. The molecule has 8 heteroatoms. The quantitative estimate of drug-likeness (QED) is 0.830. The first kappa shape index (κ1) is 20.2. The third-order valence-corrected chi connectivity index (χ3v) is 5.08. The van der Waals surface area contributed by atoms with Crippen LogP contribution >= 0.6 is 11.6 Å². The van der Waals surface area contributed by atoms with Crippen LogP contribution in [0.3, 0.4) is 0 Å². The second-order valence-electron chi connectivity index (χ2n) is 6.78. The summed E-state index contributed by atoms with van der Waals surface area (Å²) in [5.74, 6) is 0.650. The van der Waals surface area contributed by atoms with Crippen molar-refractivity contribution in [2.45, 2.75) is 25.7 Å². The molecule has 1 N–H and O–H groups in total. The lowest BCUT2D eigenvalue weighted by Crippen LogP contribution is -2.40. The number of nitrogens with one attached hydrogen (secondary N) is 1. The van der Waals surface area contributed by atoms with Gasteiger partial charge in [0.2, 0.25) is 5.91 Å². The molecule has 2 amide bonds. The summed E-state index contributed by atoms with van der Waals surface area (Å²) >= 11 is 5.86. The fourth-order valence-corrected chi connectivity index (χ4v) is 3.36. The van der Waals surface area contributed by atoms with Crippen LogP contribution in [0.15, 0.2) is 30.5 Å². The summed E-state index contributed by atoms with van der Waals surface area (Å²) in [7, 11) is 1.52. The van der Waals surface area contributed by atoms with Crippen molar-refractivity contribution in [1.29, 1.82) is 0 Å². The van der Waals surface area contributed by atoms with Crippen molar-refractivity contribution in [3.63, 3.8) is 0 Å². The average Bonchev–Trinajstić information content (AvgIpc) is 2.70. The number of anilines is 1. The number of nitrogens with zero attached hydrogens (tertiary/aromatic N) is 3. The van der Waals surface area contributed by atoms with Gasteiger partial charge in [-0.3, -0.25) is 9.59 Å². The Balaban J connectivity index is 1.63. The SMILES string of the molecule is COCC(=O)N1CCC(c2ncc(C(=O)Nc3ccc(Cl)cc3)c(C)n2)CC1. The molecule has 0 saturated carbocycles. The second-order valence-corrected chi connectivity index (χ2v) is 7.21. The number of carbonyl (C=O) groups is 2. The molecule has 0 radical (unpaired) electrons. The number of benzene rings is 1. The molecular weight excluding hydrogens is 380 g/mol. The molecule has 148 valence electrons. The summed E-state index contributed by atoms with van der Waals surface area (Å²) in [6.07, 6.45) is 3.17. The Morgan fingerprint density at radius 3 is 2.54 bits per heavy atom. The predicted octanol–water partition coefficient (Wildman–Crippen LogP) is 3.04. The lowest BCUT2D eigenvalue weighted by Gasteiger charge is -2.31. The number of likely N-dealkylation sites (tertiary alicyclic amines) is 1. The van der Waals surface area contributed by atoms with Crippen molar-refractivity contribution in [1.82, 2.24) is 14.9 Å². The van der Waals surface area contributed by atoms with E-state index in [0.717, 1.165) is 18.7 Å². The van der Waals surface area contributed by atoms with Gasteiger partial charge in [0.1, 0.15) is 12.4 Å². The van der Waals surface area contributed by atoms with Crippen LogP contribution in [0.5, 0.6) is 0 Å². The highest BCUT2D eigenvalue weighted by Crippen LogP contribution is 2.26. The lowest BCUT2D eigenvalue weighted by atomic mass is 9.95. The molecule has 1 saturated heterocycles. The monoisotopic (exact) mass is 402 g/mol. The average molecular weight is 403 g/mol. The Morgan fingerprint density at radius 2 is 1.93 bits per heavy atom. The Bertz CT molecular complexity index is 849. The van der Waals surface area contributed by atoms with Crippen molar-refractivity contribution >= 4 is 29.1 Å². The summed E-state index contributed by atoms with van der Waals surface area (Å²) in [6.45, 7) is 3.24. The normalized spacial score (nSPS) is 14.8. The van der Waals surface area contributed by atoms with E-state index in [9.17, 15) is 9.59 Å².